The van der Waals surface area contributed by atoms with Gasteiger partial charge in [-0.3, -0.25) is 15.1 Å². The fourth-order valence-electron chi connectivity index (χ4n) is 4.06. The number of benzene rings is 2. The Hall–Kier alpha value is -3.38. The van der Waals surface area contributed by atoms with Gasteiger partial charge in [0.1, 0.15) is 5.84 Å². The van der Waals surface area contributed by atoms with Gasteiger partial charge in [-0.2, -0.15) is 4.99 Å². The molecule has 1 amide bonds. The first-order valence-corrected chi connectivity index (χ1v) is 10.5. The molecule has 3 heterocycles. The smallest absolute Gasteiger partial charge is 0.283 e. The molecule has 0 aliphatic carbocycles. The second kappa shape index (κ2) is 6.85. The number of allylic oxidation sites excluding steroid dienone is 1. The minimum atomic E-state index is -0.364. The maximum Gasteiger partial charge on any atom is 0.283 e. The molecule has 0 radical (unpaired) electrons. The van der Waals surface area contributed by atoms with Crippen LogP contribution in [0.5, 0.6) is 0 Å². The molecule has 0 bridgehead atoms. The Morgan fingerprint density at radius 3 is 2.67 bits per heavy atom. The molecule has 0 fully saturated rings. The molecule has 5 nitrogen and oxygen atoms in total. The molecule has 0 spiro atoms. The first-order chi connectivity index (χ1) is 14.4. The van der Waals surface area contributed by atoms with E-state index in [-0.39, 0.29) is 11.7 Å². The van der Waals surface area contributed by atoms with E-state index in [0.29, 0.717) is 10.7 Å². The highest BCUT2D eigenvalue weighted by Gasteiger charge is 2.33. The van der Waals surface area contributed by atoms with Crippen molar-refractivity contribution in [3.8, 4) is 5.69 Å². The van der Waals surface area contributed by atoms with E-state index in [1.54, 1.807) is 11.0 Å². The topological polar surface area (TPSA) is 61.5 Å². The van der Waals surface area contributed by atoms with Crippen LogP contribution in [0.4, 0.5) is 0 Å². The zero-order valence-electron chi connectivity index (χ0n) is 16.9. The molecule has 1 aromatic heterocycles. The Bertz CT molecular complexity index is 1340. The first kappa shape index (κ1) is 18.6. The van der Waals surface area contributed by atoms with Crippen LogP contribution in [0.3, 0.4) is 0 Å². The number of aliphatic imine (C=N–C) groups is 1. The van der Waals surface area contributed by atoms with Crippen LogP contribution in [-0.2, 0) is 4.79 Å². The lowest BCUT2D eigenvalue weighted by molar-refractivity contribution is -0.114. The van der Waals surface area contributed by atoms with E-state index in [1.165, 1.54) is 22.5 Å². The molecule has 0 saturated carbocycles. The third-order valence-electron chi connectivity index (χ3n) is 5.47. The molecular weight excluding hydrogens is 392 g/mol. The maximum absolute atomic E-state index is 12.6. The van der Waals surface area contributed by atoms with E-state index in [4.69, 9.17) is 5.41 Å². The second-order valence-electron chi connectivity index (χ2n) is 7.48. The molecule has 30 heavy (non-hydrogen) atoms. The fourth-order valence-corrected chi connectivity index (χ4v) is 4.88. The molecule has 5 rings (SSSR count). The largest absolute Gasteiger partial charge is 0.317 e. The third-order valence-corrected chi connectivity index (χ3v) is 6.37. The van der Waals surface area contributed by atoms with Gasteiger partial charge in [0, 0.05) is 27.9 Å². The van der Waals surface area contributed by atoms with Crippen LogP contribution in [-0.4, -0.2) is 26.4 Å². The number of hydrogen-bond donors (Lipinski definition) is 1. The molecule has 2 aliphatic rings. The van der Waals surface area contributed by atoms with Crippen molar-refractivity contribution < 1.29 is 4.79 Å². The van der Waals surface area contributed by atoms with Gasteiger partial charge >= 0.3 is 0 Å². The highest BCUT2D eigenvalue weighted by atomic mass is 32.2. The third kappa shape index (κ3) is 2.83. The molecule has 148 valence electrons. The number of carbonyl (C=O) groups excluding carboxylic acids is 1. The molecule has 0 atom stereocenters. The first-order valence-electron chi connectivity index (χ1n) is 9.70. The number of carbonyl (C=O) groups is 1. The molecule has 0 saturated heterocycles. The number of thioether (sulfide) groups is 1. The van der Waals surface area contributed by atoms with Gasteiger partial charge in [-0.05, 0) is 49.9 Å². The molecule has 2 aliphatic heterocycles. The molecule has 3 aromatic rings. The average Bonchev–Trinajstić information content (AvgIpc) is 3.23. The van der Waals surface area contributed by atoms with Gasteiger partial charge in [0.05, 0.1) is 11.3 Å². The highest BCUT2D eigenvalue weighted by Crippen LogP contribution is 2.33. The number of nitrogens with zero attached hydrogens (tertiary/aromatic N) is 3. The average molecular weight is 413 g/mol. The van der Waals surface area contributed by atoms with Gasteiger partial charge in [0.15, 0.2) is 5.17 Å². The normalized spacial score (nSPS) is 17.6. The summed E-state index contributed by atoms with van der Waals surface area (Å²) in [6.45, 7) is 6.05. The van der Waals surface area contributed by atoms with E-state index in [0.717, 1.165) is 27.5 Å². The number of amides is 1. The minimum absolute atomic E-state index is 0.171. The van der Waals surface area contributed by atoms with E-state index in [1.807, 2.05) is 32.2 Å². The van der Waals surface area contributed by atoms with Crippen LogP contribution in [0.25, 0.3) is 22.5 Å². The summed E-state index contributed by atoms with van der Waals surface area (Å²) < 4.78 is 2.20. The molecule has 1 N–H and O–H groups in total. The van der Waals surface area contributed by atoms with Crippen LogP contribution in [0.2, 0.25) is 0 Å². The van der Waals surface area contributed by atoms with Crippen molar-refractivity contribution in [2.24, 2.45) is 4.99 Å². The number of rotatable bonds is 2. The van der Waals surface area contributed by atoms with E-state index < -0.39 is 0 Å². The molecule has 6 heteroatoms. The zero-order valence-corrected chi connectivity index (χ0v) is 17.7. The summed E-state index contributed by atoms with van der Waals surface area (Å²) in [4.78, 5) is 19.5. The highest BCUT2D eigenvalue weighted by molar-refractivity contribution is 8.17. The van der Waals surface area contributed by atoms with E-state index in [9.17, 15) is 4.79 Å². The van der Waals surface area contributed by atoms with Gasteiger partial charge in [-0.15, -0.1) is 0 Å². The Kier molecular flexibility index (Phi) is 4.25. The van der Waals surface area contributed by atoms with Gasteiger partial charge in [0.25, 0.3) is 5.91 Å². The SMILES string of the molecule is CC1=CN2C(=N)C(=Cc3cc(C)n(-c4cccc5ccccc45)c3C)C(=O)N=C2S1. The van der Waals surface area contributed by atoms with Gasteiger partial charge in [-0.1, -0.05) is 48.2 Å². The lowest BCUT2D eigenvalue weighted by Gasteiger charge is -2.22. The Balaban J connectivity index is 1.63. The summed E-state index contributed by atoms with van der Waals surface area (Å²) in [7, 11) is 0. The summed E-state index contributed by atoms with van der Waals surface area (Å²) >= 11 is 1.42. The minimum Gasteiger partial charge on any atom is -0.317 e. The van der Waals surface area contributed by atoms with Crippen molar-refractivity contribution in [2.45, 2.75) is 20.8 Å². The van der Waals surface area contributed by atoms with Crippen molar-refractivity contribution in [3.63, 3.8) is 0 Å². The molecule has 0 unspecified atom stereocenters. The zero-order chi connectivity index (χ0) is 21.0. The van der Waals surface area contributed by atoms with Crippen molar-refractivity contribution in [1.82, 2.24) is 9.47 Å². The summed E-state index contributed by atoms with van der Waals surface area (Å²) in [5, 5.41) is 11.4. The molecule has 2 aromatic carbocycles. The summed E-state index contributed by atoms with van der Waals surface area (Å²) in [6.07, 6.45) is 3.65. The van der Waals surface area contributed by atoms with Crippen LogP contribution in [0, 0.1) is 19.3 Å². The standard InChI is InChI=1S/C24H20N4OS/c1-14-11-18(12-20-22(25)27-13-15(2)30-24(27)26-23(20)29)16(3)28(14)21-10-6-8-17-7-4-5-9-19(17)21/h4-13,25H,1-3H3. The number of nitrogens with one attached hydrogen (secondary N) is 1. The fraction of sp³-hybridized carbons (Fsp3) is 0.125. The maximum atomic E-state index is 12.6. The van der Waals surface area contributed by atoms with Gasteiger partial charge < -0.3 is 4.57 Å². The second-order valence-corrected chi connectivity index (χ2v) is 8.69. The van der Waals surface area contributed by atoms with Crippen molar-refractivity contribution in [2.75, 3.05) is 0 Å². The van der Waals surface area contributed by atoms with Crippen LogP contribution in [0.1, 0.15) is 23.9 Å². The Morgan fingerprint density at radius 2 is 1.83 bits per heavy atom. The monoisotopic (exact) mass is 412 g/mol. The Labute approximate surface area is 178 Å². The summed E-state index contributed by atoms with van der Waals surface area (Å²) in [6, 6.07) is 16.7. The van der Waals surface area contributed by atoms with Crippen molar-refractivity contribution in [1.29, 1.82) is 5.41 Å². The number of hydrogen-bond acceptors (Lipinski definition) is 3. The van der Waals surface area contributed by atoms with E-state index >= 15 is 0 Å². The van der Waals surface area contributed by atoms with Crippen molar-refractivity contribution >= 4 is 45.5 Å². The lowest BCUT2D eigenvalue weighted by atomic mass is 10.1. The summed E-state index contributed by atoms with van der Waals surface area (Å²) in [5.74, 6) is -0.193. The number of aryl methyl sites for hydroxylation is 1. The lowest BCUT2D eigenvalue weighted by Crippen LogP contribution is -2.35. The number of amidine groups is 2. The van der Waals surface area contributed by atoms with Crippen molar-refractivity contribution in [3.05, 3.63) is 82.2 Å². The predicted octanol–water partition coefficient (Wildman–Crippen LogP) is 5.41. The quantitative estimate of drug-likeness (QED) is 0.572. The van der Waals surface area contributed by atoms with Crippen LogP contribution >= 0.6 is 11.8 Å². The van der Waals surface area contributed by atoms with Gasteiger partial charge in [-0.25, -0.2) is 0 Å². The summed E-state index contributed by atoms with van der Waals surface area (Å²) in [5.41, 5.74) is 4.42. The van der Waals surface area contributed by atoms with Crippen LogP contribution < -0.4 is 0 Å². The van der Waals surface area contributed by atoms with Gasteiger partial charge in [0.2, 0.25) is 0 Å². The molecular formula is C24H20N4OS. The number of fused-ring (bicyclic) bond motifs is 2. The predicted molar refractivity (Wildman–Crippen MR) is 124 cm³/mol. The van der Waals surface area contributed by atoms with Crippen LogP contribution in [0.15, 0.2) is 70.2 Å². The Morgan fingerprint density at radius 1 is 1.07 bits per heavy atom. The number of aromatic nitrogens is 1. The van der Waals surface area contributed by atoms with E-state index in [2.05, 4.69) is 52.9 Å².